The van der Waals surface area contributed by atoms with E-state index in [1.165, 1.54) is 5.56 Å². The molecule has 0 bridgehead atoms. The van der Waals surface area contributed by atoms with Gasteiger partial charge in [-0.15, -0.1) is 5.10 Å². The fourth-order valence-corrected chi connectivity index (χ4v) is 1.51. The van der Waals surface area contributed by atoms with Gasteiger partial charge in [0.1, 0.15) is 5.69 Å². The highest BCUT2D eigenvalue weighted by Crippen LogP contribution is 2.16. The number of aromatic nitrogens is 3. The lowest BCUT2D eigenvalue weighted by Crippen LogP contribution is -1.95. The molecule has 0 spiro atoms. The molecule has 0 fully saturated rings. The number of nitrogens with zero attached hydrogens (tertiary/aromatic N) is 3. The van der Waals surface area contributed by atoms with Crippen LogP contribution in [0.4, 0.5) is 0 Å². The summed E-state index contributed by atoms with van der Waals surface area (Å²) in [6.07, 6.45) is 1.73. The summed E-state index contributed by atoms with van der Waals surface area (Å²) in [6.45, 7) is 4.24. The number of aliphatic hydroxyl groups excluding tert-OH is 1. The molecule has 1 N–H and O–H groups in total. The SMILES string of the molecule is CC(C)c1ccc(-n2cc(CO)nn2)cc1. The van der Waals surface area contributed by atoms with Gasteiger partial charge in [0, 0.05) is 0 Å². The number of benzene rings is 1. The zero-order valence-electron chi connectivity index (χ0n) is 9.46. The fraction of sp³-hybridized carbons (Fsp3) is 0.333. The summed E-state index contributed by atoms with van der Waals surface area (Å²) in [4.78, 5) is 0. The Hall–Kier alpha value is -1.68. The summed E-state index contributed by atoms with van der Waals surface area (Å²) in [7, 11) is 0. The quantitative estimate of drug-likeness (QED) is 0.854. The van der Waals surface area contributed by atoms with Gasteiger partial charge in [-0.25, -0.2) is 4.68 Å². The average molecular weight is 217 g/mol. The van der Waals surface area contributed by atoms with Crippen molar-refractivity contribution in [2.24, 2.45) is 0 Å². The fourth-order valence-electron chi connectivity index (χ4n) is 1.51. The third-order valence-corrected chi connectivity index (χ3v) is 2.53. The van der Waals surface area contributed by atoms with Crippen LogP contribution in [0.25, 0.3) is 5.69 Å². The second-order valence-electron chi connectivity index (χ2n) is 4.06. The number of hydrogen-bond donors (Lipinski definition) is 1. The van der Waals surface area contributed by atoms with Gasteiger partial charge < -0.3 is 5.11 Å². The first-order chi connectivity index (χ1) is 7.70. The molecule has 84 valence electrons. The lowest BCUT2D eigenvalue weighted by atomic mass is 10.0. The highest BCUT2D eigenvalue weighted by molar-refractivity contribution is 5.34. The summed E-state index contributed by atoms with van der Waals surface area (Å²) in [5.74, 6) is 0.526. The molecule has 1 aromatic carbocycles. The van der Waals surface area contributed by atoms with E-state index in [2.05, 4.69) is 36.3 Å². The maximum Gasteiger partial charge on any atom is 0.109 e. The maximum absolute atomic E-state index is 8.90. The number of rotatable bonds is 3. The standard InChI is InChI=1S/C12H15N3O/c1-9(2)10-3-5-12(6-4-10)15-7-11(8-16)13-14-15/h3-7,9,16H,8H2,1-2H3. The van der Waals surface area contributed by atoms with Crippen molar-refractivity contribution in [1.82, 2.24) is 15.0 Å². The van der Waals surface area contributed by atoms with Gasteiger partial charge in [-0.2, -0.15) is 0 Å². The molecular formula is C12H15N3O. The van der Waals surface area contributed by atoms with E-state index < -0.39 is 0 Å². The summed E-state index contributed by atoms with van der Waals surface area (Å²) in [5.41, 5.74) is 2.83. The van der Waals surface area contributed by atoms with Crippen molar-refractivity contribution in [3.05, 3.63) is 41.7 Å². The lowest BCUT2D eigenvalue weighted by molar-refractivity contribution is 0.276. The molecule has 0 unspecified atom stereocenters. The van der Waals surface area contributed by atoms with Crippen molar-refractivity contribution in [1.29, 1.82) is 0 Å². The second-order valence-corrected chi connectivity index (χ2v) is 4.06. The molecule has 0 aliphatic rings. The van der Waals surface area contributed by atoms with Gasteiger partial charge >= 0.3 is 0 Å². The van der Waals surface area contributed by atoms with Crippen LogP contribution in [0.2, 0.25) is 0 Å². The molecular weight excluding hydrogens is 202 g/mol. The van der Waals surface area contributed by atoms with E-state index >= 15 is 0 Å². The van der Waals surface area contributed by atoms with Crippen LogP contribution < -0.4 is 0 Å². The van der Waals surface area contributed by atoms with E-state index in [1.807, 2.05) is 12.1 Å². The molecule has 2 aromatic rings. The van der Waals surface area contributed by atoms with Gasteiger partial charge in [-0.3, -0.25) is 0 Å². The van der Waals surface area contributed by atoms with E-state index in [9.17, 15) is 0 Å². The zero-order chi connectivity index (χ0) is 11.5. The molecule has 4 nitrogen and oxygen atoms in total. The van der Waals surface area contributed by atoms with Gasteiger partial charge in [0.05, 0.1) is 18.5 Å². The highest BCUT2D eigenvalue weighted by Gasteiger charge is 2.03. The Morgan fingerprint density at radius 1 is 1.25 bits per heavy atom. The molecule has 0 saturated heterocycles. The second kappa shape index (κ2) is 4.45. The lowest BCUT2D eigenvalue weighted by Gasteiger charge is -2.06. The van der Waals surface area contributed by atoms with Crippen LogP contribution in [0.3, 0.4) is 0 Å². The van der Waals surface area contributed by atoms with E-state index in [4.69, 9.17) is 5.11 Å². The first-order valence-electron chi connectivity index (χ1n) is 5.33. The molecule has 0 radical (unpaired) electrons. The third kappa shape index (κ3) is 2.12. The molecule has 16 heavy (non-hydrogen) atoms. The number of hydrogen-bond acceptors (Lipinski definition) is 3. The minimum Gasteiger partial charge on any atom is -0.390 e. The van der Waals surface area contributed by atoms with Crippen molar-refractivity contribution in [3.63, 3.8) is 0 Å². The van der Waals surface area contributed by atoms with Crippen molar-refractivity contribution >= 4 is 0 Å². The number of aliphatic hydroxyl groups is 1. The Morgan fingerprint density at radius 3 is 2.44 bits per heavy atom. The van der Waals surface area contributed by atoms with Crippen LogP contribution in [0.15, 0.2) is 30.5 Å². The van der Waals surface area contributed by atoms with Gasteiger partial charge in [0.2, 0.25) is 0 Å². The van der Waals surface area contributed by atoms with E-state index in [0.29, 0.717) is 11.6 Å². The molecule has 1 heterocycles. The molecule has 0 aliphatic carbocycles. The predicted molar refractivity (Wildman–Crippen MR) is 61.4 cm³/mol. The first-order valence-corrected chi connectivity index (χ1v) is 5.33. The van der Waals surface area contributed by atoms with Crippen LogP contribution in [0.5, 0.6) is 0 Å². The molecule has 1 aromatic heterocycles. The average Bonchev–Trinajstić information content (AvgIpc) is 2.77. The monoisotopic (exact) mass is 217 g/mol. The summed E-state index contributed by atoms with van der Waals surface area (Å²) < 4.78 is 1.66. The summed E-state index contributed by atoms with van der Waals surface area (Å²) in [5, 5.41) is 16.7. The highest BCUT2D eigenvalue weighted by atomic mass is 16.3. The van der Waals surface area contributed by atoms with Crippen molar-refractivity contribution < 1.29 is 5.11 Å². The minimum absolute atomic E-state index is 0.0793. The van der Waals surface area contributed by atoms with Crippen LogP contribution in [-0.2, 0) is 6.61 Å². The van der Waals surface area contributed by atoms with Gasteiger partial charge in [0.15, 0.2) is 0 Å². The minimum atomic E-state index is -0.0793. The molecule has 0 saturated carbocycles. The molecule has 4 heteroatoms. The Kier molecular flexibility index (Phi) is 3.01. The summed E-state index contributed by atoms with van der Waals surface area (Å²) >= 11 is 0. The normalized spacial score (nSPS) is 11.0. The van der Waals surface area contributed by atoms with Gasteiger partial charge in [-0.05, 0) is 23.6 Å². The van der Waals surface area contributed by atoms with Crippen LogP contribution >= 0.6 is 0 Å². The zero-order valence-corrected chi connectivity index (χ0v) is 9.46. The summed E-state index contributed by atoms with van der Waals surface area (Å²) in [6, 6.07) is 8.18. The maximum atomic E-state index is 8.90. The Labute approximate surface area is 94.5 Å². The Morgan fingerprint density at radius 2 is 1.94 bits per heavy atom. The Balaban J connectivity index is 2.27. The molecule has 0 atom stereocenters. The van der Waals surface area contributed by atoms with Crippen molar-refractivity contribution in [2.75, 3.05) is 0 Å². The molecule has 0 aliphatic heterocycles. The largest absolute Gasteiger partial charge is 0.390 e. The van der Waals surface area contributed by atoms with E-state index in [0.717, 1.165) is 5.69 Å². The molecule has 2 rings (SSSR count). The first kappa shape index (κ1) is 10.8. The predicted octanol–water partition coefficient (Wildman–Crippen LogP) is 1.88. The van der Waals surface area contributed by atoms with Crippen LogP contribution in [0.1, 0.15) is 31.0 Å². The van der Waals surface area contributed by atoms with Crippen molar-refractivity contribution in [2.45, 2.75) is 26.4 Å². The third-order valence-electron chi connectivity index (χ3n) is 2.53. The Bertz CT molecular complexity index is 459. The smallest absolute Gasteiger partial charge is 0.109 e. The van der Waals surface area contributed by atoms with Crippen molar-refractivity contribution in [3.8, 4) is 5.69 Å². The van der Waals surface area contributed by atoms with E-state index in [1.54, 1.807) is 10.9 Å². The van der Waals surface area contributed by atoms with Crippen LogP contribution in [0, 0.1) is 0 Å². The van der Waals surface area contributed by atoms with Gasteiger partial charge in [0.25, 0.3) is 0 Å². The molecule has 0 amide bonds. The topological polar surface area (TPSA) is 50.9 Å². The van der Waals surface area contributed by atoms with Crippen LogP contribution in [-0.4, -0.2) is 20.1 Å². The van der Waals surface area contributed by atoms with E-state index in [-0.39, 0.29) is 6.61 Å². The van der Waals surface area contributed by atoms with Gasteiger partial charge in [-0.1, -0.05) is 31.2 Å².